The second kappa shape index (κ2) is 7.07. The van der Waals surface area contributed by atoms with E-state index in [9.17, 15) is 4.79 Å². The summed E-state index contributed by atoms with van der Waals surface area (Å²) in [5.41, 5.74) is 2.59. The molecule has 1 N–H and O–H groups in total. The van der Waals surface area contributed by atoms with Crippen molar-refractivity contribution in [3.05, 3.63) is 75.5 Å². The van der Waals surface area contributed by atoms with Crippen LogP contribution in [0.4, 0.5) is 0 Å². The lowest BCUT2D eigenvalue weighted by Crippen LogP contribution is -2.23. The maximum atomic E-state index is 12.6. The molecule has 0 aliphatic rings. The highest BCUT2D eigenvalue weighted by atomic mass is 35.5. The molecule has 3 rings (SSSR count). The number of aryl methyl sites for hydroxylation is 1. The third-order valence-corrected chi connectivity index (χ3v) is 3.95. The van der Waals surface area contributed by atoms with E-state index in [1.54, 1.807) is 25.1 Å². The zero-order valence-electron chi connectivity index (χ0n) is 12.8. The number of halogens is 2. The Kier molecular flexibility index (Phi) is 4.88. The molecule has 4 nitrogen and oxygen atoms in total. The second-order valence-electron chi connectivity index (χ2n) is 5.29. The highest BCUT2D eigenvalue weighted by Crippen LogP contribution is 2.25. The van der Waals surface area contributed by atoms with Crippen LogP contribution in [0.2, 0.25) is 10.0 Å². The van der Waals surface area contributed by atoms with E-state index in [4.69, 9.17) is 27.7 Å². The third kappa shape index (κ3) is 3.61. The average molecular weight is 361 g/mol. The predicted molar refractivity (Wildman–Crippen MR) is 94.3 cm³/mol. The molecule has 2 aromatic carbocycles. The molecule has 122 valence electrons. The maximum absolute atomic E-state index is 12.6. The molecule has 0 aliphatic carbocycles. The van der Waals surface area contributed by atoms with Crippen molar-refractivity contribution in [1.82, 2.24) is 10.5 Å². The molecular weight excluding hydrogens is 347 g/mol. The number of carbonyl (C=O) groups is 1. The van der Waals surface area contributed by atoms with Crippen molar-refractivity contribution < 1.29 is 9.32 Å². The van der Waals surface area contributed by atoms with E-state index in [1.807, 2.05) is 30.3 Å². The summed E-state index contributed by atoms with van der Waals surface area (Å²) < 4.78 is 5.21. The van der Waals surface area contributed by atoms with Crippen LogP contribution in [0.3, 0.4) is 0 Å². The molecule has 0 radical (unpaired) electrons. The molecule has 0 fully saturated rings. The lowest BCUT2D eigenvalue weighted by Gasteiger charge is -2.07. The maximum Gasteiger partial charge on any atom is 0.257 e. The van der Waals surface area contributed by atoms with Crippen LogP contribution in [0.25, 0.3) is 11.3 Å². The highest BCUT2D eigenvalue weighted by Gasteiger charge is 2.21. The van der Waals surface area contributed by atoms with Crippen molar-refractivity contribution in [2.24, 2.45) is 0 Å². The first kappa shape index (κ1) is 16.6. The van der Waals surface area contributed by atoms with E-state index in [0.29, 0.717) is 33.6 Å². The largest absolute Gasteiger partial charge is 0.360 e. The van der Waals surface area contributed by atoms with Crippen molar-refractivity contribution in [3.63, 3.8) is 0 Å². The third-order valence-electron chi connectivity index (χ3n) is 3.51. The topological polar surface area (TPSA) is 55.1 Å². The fourth-order valence-corrected chi connectivity index (χ4v) is 2.99. The van der Waals surface area contributed by atoms with Crippen molar-refractivity contribution in [2.75, 3.05) is 0 Å². The van der Waals surface area contributed by atoms with Gasteiger partial charge in [-0.05, 0) is 30.7 Å². The molecule has 1 heterocycles. The number of rotatable bonds is 4. The van der Waals surface area contributed by atoms with Crippen LogP contribution >= 0.6 is 23.2 Å². The Balaban J connectivity index is 1.82. The fraction of sp³-hybridized carbons (Fsp3) is 0.111. The van der Waals surface area contributed by atoms with Crippen LogP contribution in [0.5, 0.6) is 0 Å². The molecule has 3 aromatic rings. The normalized spacial score (nSPS) is 10.6. The lowest BCUT2D eigenvalue weighted by atomic mass is 10.1. The predicted octanol–water partition coefficient (Wildman–Crippen LogP) is 4.89. The molecular formula is C18H14Cl2N2O2. The molecule has 1 amide bonds. The number of benzene rings is 2. The van der Waals surface area contributed by atoms with Gasteiger partial charge in [0.15, 0.2) is 0 Å². The van der Waals surface area contributed by atoms with Gasteiger partial charge < -0.3 is 9.84 Å². The summed E-state index contributed by atoms with van der Waals surface area (Å²) in [5.74, 6) is 0.208. The minimum Gasteiger partial charge on any atom is -0.360 e. The van der Waals surface area contributed by atoms with Gasteiger partial charge in [-0.1, -0.05) is 58.7 Å². The summed E-state index contributed by atoms with van der Waals surface area (Å²) in [7, 11) is 0. The van der Waals surface area contributed by atoms with Gasteiger partial charge in [0.1, 0.15) is 17.0 Å². The van der Waals surface area contributed by atoms with Gasteiger partial charge in [-0.2, -0.15) is 0 Å². The van der Waals surface area contributed by atoms with E-state index in [0.717, 1.165) is 11.1 Å². The van der Waals surface area contributed by atoms with Crippen molar-refractivity contribution in [2.45, 2.75) is 13.5 Å². The molecule has 0 saturated carbocycles. The molecule has 24 heavy (non-hydrogen) atoms. The summed E-state index contributed by atoms with van der Waals surface area (Å²) in [4.78, 5) is 12.6. The Morgan fingerprint density at radius 1 is 1.12 bits per heavy atom. The van der Waals surface area contributed by atoms with E-state index >= 15 is 0 Å². The van der Waals surface area contributed by atoms with Crippen LogP contribution in [0.15, 0.2) is 53.1 Å². The SMILES string of the molecule is Cc1onc(-c2ccccc2)c1C(=O)NCc1cc(Cl)cc(Cl)c1. The number of amides is 1. The molecule has 0 saturated heterocycles. The van der Waals surface area contributed by atoms with Gasteiger partial charge in [-0.25, -0.2) is 0 Å². The molecule has 0 unspecified atom stereocenters. The zero-order chi connectivity index (χ0) is 17.1. The molecule has 1 aromatic heterocycles. The van der Waals surface area contributed by atoms with Gasteiger partial charge in [-0.3, -0.25) is 4.79 Å². The minimum absolute atomic E-state index is 0.260. The number of hydrogen-bond donors (Lipinski definition) is 1. The summed E-state index contributed by atoms with van der Waals surface area (Å²) in [5, 5.41) is 7.91. The second-order valence-corrected chi connectivity index (χ2v) is 6.16. The Bertz CT molecular complexity index is 856. The van der Waals surface area contributed by atoms with E-state index in [-0.39, 0.29) is 5.91 Å². The molecule has 0 bridgehead atoms. The summed E-state index contributed by atoms with van der Waals surface area (Å²) in [6.45, 7) is 2.02. The van der Waals surface area contributed by atoms with Crippen LogP contribution < -0.4 is 5.32 Å². The molecule has 0 atom stereocenters. The first-order chi connectivity index (χ1) is 11.5. The zero-order valence-corrected chi connectivity index (χ0v) is 14.4. The Morgan fingerprint density at radius 3 is 2.46 bits per heavy atom. The van der Waals surface area contributed by atoms with Gasteiger partial charge in [-0.15, -0.1) is 0 Å². The molecule has 6 heteroatoms. The van der Waals surface area contributed by atoms with Crippen molar-refractivity contribution >= 4 is 29.1 Å². The van der Waals surface area contributed by atoms with Gasteiger partial charge in [0.2, 0.25) is 0 Å². The highest BCUT2D eigenvalue weighted by molar-refractivity contribution is 6.34. The standard InChI is InChI=1S/C18H14Cl2N2O2/c1-11-16(17(22-24-11)13-5-3-2-4-6-13)18(23)21-10-12-7-14(19)9-15(20)8-12/h2-9H,10H2,1H3,(H,21,23). The number of nitrogens with one attached hydrogen (secondary N) is 1. The first-order valence-corrected chi connectivity index (χ1v) is 8.05. The summed E-state index contributed by atoms with van der Waals surface area (Å²) >= 11 is 11.9. The Morgan fingerprint density at radius 2 is 1.79 bits per heavy atom. The van der Waals surface area contributed by atoms with Crippen LogP contribution in [0.1, 0.15) is 21.7 Å². The summed E-state index contributed by atoms with van der Waals surface area (Å²) in [6.07, 6.45) is 0. The average Bonchev–Trinajstić information content (AvgIpc) is 2.94. The molecule has 0 spiro atoms. The van der Waals surface area contributed by atoms with Crippen molar-refractivity contribution in [3.8, 4) is 11.3 Å². The van der Waals surface area contributed by atoms with E-state index in [2.05, 4.69) is 10.5 Å². The van der Waals surface area contributed by atoms with E-state index in [1.165, 1.54) is 0 Å². The smallest absolute Gasteiger partial charge is 0.257 e. The summed E-state index contributed by atoms with van der Waals surface area (Å²) in [6, 6.07) is 14.6. The number of carbonyl (C=O) groups excluding carboxylic acids is 1. The number of hydrogen-bond acceptors (Lipinski definition) is 3. The van der Waals surface area contributed by atoms with Crippen LogP contribution in [-0.4, -0.2) is 11.1 Å². The lowest BCUT2D eigenvalue weighted by molar-refractivity contribution is 0.0950. The van der Waals surface area contributed by atoms with Gasteiger partial charge in [0.05, 0.1) is 0 Å². The van der Waals surface area contributed by atoms with Gasteiger partial charge in [0.25, 0.3) is 5.91 Å². The quantitative estimate of drug-likeness (QED) is 0.720. The Labute approximate surface area is 149 Å². The number of nitrogens with zero attached hydrogens (tertiary/aromatic N) is 1. The fourth-order valence-electron chi connectivity index (χ4n) is 2.42. The van der Waals surface area contributed by atoms with E-state index < -0.39 is 0 Å². The van der Waals surface area contributed by atoms with Crippen molar-refractivity contribution in [1.29, 1.82) is 0 Å². The Hall–Kier alpha value is -2.30. The van der Waals surface area contributed by atoms with Crippen LogP contribution in [0, 0.1) is 6.92 Å². The molecule has 0 aliphatic heterocycles. The van der Waals surface area contributed by atoms with Gasteiger partial charge in [0, 0.05) is 22.2 Å². The van der Waals surface area contributed by atoms with Gasteiger partial charge >= 0.3 is 0 Å². The number of aromatic nitrogens is 1. The minimum atomic E-state index is -0.260. The first-order valence-electron chi connectivity index (χ1n) is 7.29. The van der Waals surface area contributed by atoms with Crippen LogP contribution in [-0.2, 0) is 6.54 Å². The monoisotopic (exact) mass is 360 g/mol.